The lowest BCUT2D eigenvalue weighted by Crippen LogP contribution is -2.39. The molecule has 0 aliphatic carbocycles. The van der Waals surface area contributed by atoms with Gasteiger partial charge < -0.3 is 15.3 Å². The highest BCUT2D eigenvalue weighted by molar-refractivity contribution is 4.92. The fourth-order valence-electron chi connectivity index (χ4n) is 1.80. The van der Waals surface area contributed by atoms with E-state index in [0.717, 1.165) is 19.4 Å². The maximum Gasteiger partial charge on any atom is 0.0988 e. The summed E-state index contributed by atoms with van der Waals surface area (Å²) >= 11 is 0. The molecule has 13 heavy (non-hydrogen) atoms. The average molecular weight is 189 g/mol. The van der Waals surface area contributed by atoms with Crippen LogP contribution in [-0.4, -0.2) is 58.2 Å². The van der Waals surface area contributed by atoms with Gasteiger partial charge in [0.25, 0.3) is 0 Å². The first-order valence-corrected chi connectivity index (χ1v) is 4.91. The van der Waals surface area contributed by atoms with Crippen molar-refractivity contribution in [2.24, 2.45) is 0 Å². The highest BCUT2D eigenvalue weighted by Crippen LogP contribution is 2.18. The van der Waals surface area contributed by atoms with Gasteiger partial charge in [-0.2, -0.15) is 0 Å². The molecule has 0 spiro atoms. The number of hydrogen-bond acceptors (Lipinski definition) is 4. The van der Waals surface area contributed by atoms with Crippen molar-refractivity contribution in [2.45, 2.75) is 38.0 Å². The lowest BCUT2D eigenvalue weighted by atomic mass is 10.1. The summed E-state index contributed by atoms with van der Waals surface area (Å²) in [6, 6.07) is -0.276. The molecule has 1 saturated heterocycles. The Kier molecular flexibility index (Phi) is 4.12. The number of aliphatic hydroxyl groups excluding tert-OH is 3. The summed E-state index contributed by atoms with van der Waals surface area (Å²) in [5, 5.41) is 27.9. The number of likely N-dealkylation sites (tertiary alicyclic amines) is 1. The van der Waals surface area contributed by atoms with Crippen molar-refractivity contribution < 1.29 is 15.3 Å². The molecule has 0 saturated carbocycles. The number of nitrogens with zero attached hydrogens (tertiary/aromatic N) is 1. The second-order valence-corrected chi connectivity index (χ2v) is 3.66. The minimum absolute atomic E-state index is 0.0814. The first-order valence-electron chi connectivity index (χ1n) is 4.91. The van der Waals surface area contributed by atoms with Crippen molar-refractivity contribution >= 4 is 0 Å². The van der Waals surface area contributed by atoms with Gasteiger partial charge in [-0.25, -0.2) is 0 Å². The topological polar surface area (TPSA) is 63.9 Å². The molecule has 0 radical (unpaired) electrons. The van der Waals surface area contributed by atoms with Crippen LogP contribution in [0.5, 0.6) is 0 Å². The van der Waals surface area contributed by atoms with Crippen molar-refractivity contribution in [3.05, 3.63) is 0 Å². The van der Waals surface area contributed by atoms with Crippen LogP contribution in [0, 0.1) is 0 Å². The zero-order chi connectivity index (χ0) is 9.84. The summed E-state index contributed by atoms with van der Waals surface area (Å²) in [4.78, 5) is 1.96. The van der Waals surface area contributed by atoms with Gasteiger partial charge in [0.15, 0.2) is 0 Å². The third-order valence-electron chi connectivity index (χ3n) is 2.66. The third-order valence-corrected chi connectivity index (χ3v) is 2.66. The molecule has 1 fully saturated rings. The molecular formula is C9H19NO3. The van der Waals surface area contributed by atoms with Gasteiger partial charge in [0.05, 0.1) is 24.9 Å². The fourth-order valence-corrected chi connectivity index (χ4v) is 1.80. The monoisotopic (exact) mass is 189 g/mol. The molecule has 3 N–H and O–H groups in total. The molecule has 1 aliphatic heterocycles. The van der Waals surface area contributed by atoms with Crippen LogP contribution < -0.4 is 0 Å². The summed E-state index contributed by atoms with van der Waals surface area (Å²) in [6.45, 7) is 3.33. The van der Waals surface area contributed by atoms with Crippen LogP contribution in [0.25, 0.3) is 0 Å². The van der Waals surface area contributed by atoms with Crippen molar-refractivity contribution in [1.29, 1.82) is 0 Å². The smallest absolute Gasteiger partial charge is 0.0988 e. The van der Waals surface area contributed by atoms with Gasteiger partial charge in [0.1, 0.15) is 0 Å². The molecule has 78 valence electrons. The maximum atomic E-state index is 9.48. The highest BCUT2D eigenvalue weighted by Gasteiger charge is 2.38. The van der Waals surface area contributed by atoms with E-state index < -0.39 is 12.2 Å². The molecule has 0 aromatic carbocycles. The Balaban J connectivity index is 2.44. The van der Waals surface area contributed by atoms with Crippen molar-refractivity contribution in [3.63, 3.8) is 0 Å². The summed E-state index contributed by atoms with van der Waals surface area (Å²) in [5.74, 6) is 0. The molecular weight excluding hydrogens is 170 g/mol. The lowest BCUT2D eigenvalue weighted by Gasteiger charge is -2.23. The van der Waals surface area contributed by atoms with Crippen LogP contribution in [0.3, 0.4) is 0 Å². The Hall–Kier alpha value is -0.160. The second kappa shape index (κ2) is 4.91. The van der Waals surface area contributed by atoms with E-state index in [1.165, 1.54) is 0 Å². The SMILES string of the molecule is CCCCN1C[C@H](O)[C@@H](O)[C@H]1CO. The van der Waals surface area contributed by atoms with Crippen molar-refractivity contribution in [2.75, 3.05) is 19.7 Å². The first kappa shape index (κ1) is 10.9. The molecule has 4 nitrogen and oxygen atoms in total. The normalized spacial score (nSPS) is 35.5. The molecule has 0 aromatic rings. The summed E-state index contributed by atoms with van der Waals surface area (Å²) in [7, 11) is 0. The van der Waals surface area contributed by atoms with Crippen molar-refractivity contribution in [1.82, 2.24) is 4.90 Å². The summed E-state index contributed by atoms with van der Waals surface area (Å²) < 4.78 is 0. The van der Waals surface area contributed by atoms with Gasteiger partial charge in [0, 0.05) is 6.54 Å². The molecule has 1 heterocycles. The Bertz CT molecular complexity index is 154. The highest BCUT2D eigenvalue weighted by atomic mass is 16.3. The molecule has 0 amide bonds. The molecule has 0 bridgehead atoms. The number of β-amino-alcohol motifs (C(OH)–C–C–N with tert-alkyl or cyclic N) is 1. The quantitative estimate of drug-likeness (QED) is 0.541. The van der Waals surface area contributed by atoms with Gasteiger partial charge in [-0.1, -0.05) is 13.3 Å². The fraction of sp³-hybridized carbons (Fsp3) is 1.00. The largest absolute Gasteiger partial charge is 0.395 e. The zero-order valence-electron chi connectivity index (χ0n) is 8.06. The van der Waals surface area contributed by atoms with Gasteiger partial charge in [-0.3, -0.25) is 4.90 Å². The number of aliphatic hydroxyl groups is 3. The van der Waals surface area contributed by atoms with Crippen LogP contribution in [0.15, 0.2) is 0 Å². The minimum Gasteiger partial charge on any atom is -0.395 e. The zero-order valence-corrected chi connectivity index (χ0v) is 8.06. The number of rotatable bonds is 4. The third kappa shape index (κ3) is 2.40. The van der Waals surface area contributed by atoms with E-state index in [1.807, 2.05) is 4.90 Å². The predicted octanol–water partition coefficient (Wildman–Crippen LogP) is -0.815. The Morgan fingerprint density at radius 3 is 2.62 bits per heavy atom. The first-order chi connectivity index (χ1) is 6.20. The standard InChI is InChI=1S/C9H19NO3/c1-2-3-4-10-5-8(12)9(13)7(10)6-11/h7-9,11-13H,2-6H2,1H3/t7-,8+,9+/m1/s1. The van der Waals surface area contributed by atoms with E-state index in [2.05, 4.69) is 6.92 Å². The van der Waals surface area contributed by atoms with E-state index in [9.17, 15) is 10.2 Å². The van der Waals surface area contributed by atoms with E-state index in [4.69, 9.17) is 5.11 Å². The second-order valence-electron chi connectivity index (χ2n) is 3.66. The summed E-state index contributed by atoms with van der Waals surface area (Å²) in [5.41, 5.74) is 0. The van der Waals surface area contributed by atoms with E-state index in [-0.39, 0.29) is 12.6 Å². The van der Waals surface area contributed by atoms with E-state index in [0.29, 0.717) is 6.54 Å². The van der Waals surface area contributed by atoms with Crippen molar-refractivity contribution in [3.8, 4) is 0 Å². The van der Waals surface area contributed by atoms with Crippen LogP contribution in [0.1, 0.15) is 19.8 Å². The molecule has 0 aromatic heterocycles. The van der Waals surface area contributed by atoms with Crippen LogP contribution in [0.2, 0.25) is 0 Å². The van der Waals surface area contributed by atoms with Gasteiger partial charge in [0.2, 0.25) is 0 Å². The van der Waals surface area contributed by atoms with Crippen LogP contribution in [0.4, 0.5) is 0 Å². The molecule has 0 unspecified atom stereocenters. The predicted molar refractivity (Wildman–Crippen MR) is 49.4 cm³/mol. The van der Waals surface area contributed by atoms with Gasteiger partial charge >= 0.3 is 0 Å². The molecule has 4 heteroatoms. The van der Waals surface area contributed by atoms with Gasteiger partial charge in [-0.05, 0) is 13.0 Å². The Morgan fingerprint density at radius 2 is 2.08 bits per heavy atom. The number of unbranched alkanes of at least 4 members (excludes halogenated alkanes) is 1. The molecule has 1 aliphatic rings. The number of hydrogen-bond donors (Lipinski definition) is 3. The molecule has 1 rings (SSSR count). The maximum absolute atomic E-state index is 9.48. The average Bonchev–Trinajstić information content (AvgIpc) is 2.39. The molecule has 3 atom stereocenters. The minimum atomic E-state index is -0.790. The Morgan fingerprint density at radius 1 is 1.38 bits per heavy atom. The van der Waals surface area contributed by atoms with Crippen LogP contribution in [-0.2, 0) is 0 Å². The lowest BCUT2D eigenvalue weighted by molar-refractivity contribution is 0.0216. The van der Waals surface area contributed by atoms with E-state index >= 15 is 0 Å². The van der Waals surface area contributed by atoms with E-state index in [1.54, 1.807) is 0 Å². The van der Waals surface area contributed by atoms with Crippen LogP contribution >= 0.6 is 0 Å². The summed E-state index contributed by atoms with van der Waals surface area (Å²) in [6.07, 6.45) is 0.632. The van der Waals surface area contributed by atoms with Gasteiger partial charge in [-0.15, -0.1) is 0 Å². The Labute approximate surface area is 78.8 Å².